The molecular formula is C10H13N5O3. The van der Waals surface area contributed by atoms with Crippen LogP contribution >= 0.6 is 0 Å². The lowest BCUT2D eigenvalue weighted by atomic mass is 10.3. The molecule has 0 bridgehead atoms. The van der Waals surface area contributed by atoms with E-state index < -0.39 is 23.2 Å². The molecule has 0 spiro atoms. The maximum Gasteiger partial charge on any atom is 0.339 e. The van der Waals surface area contributed by atoms with E-state index in [1.54, 1.807) is 7.05 Å². The van der Waals surface area contributed by atoms with Crippen LogP contribution in [0.15, 0.2) is 15.9 Å². The number of aryl methyl sites for hydroxylation is 2. The zero-order valence-corrected chi connectivity index (χ0v) is 10.2. The second-order valence-electron chi connectivity index (χ2n) is 4.14. The molecule has 0 saturated carbocycles. The predicted molar refractivity (Wildman–Crippen MR) is 64.5 cm³/mol. The lowest BCUT2D eigenvalue weighted by molar-refractivity contribution is 0.0875. The Labute approximate surface area is 101 Å². The van der Waals surface area contributed by atoms with Crippen LogP contribution < -0.4 is 17.0 Å². The summed E-state index contributed by atoms with van der Waals surface area (Å²) < 4.78 is 3.16. The number of hydrogen-bond donors (Lipinski definition) is 1. The summed E-state index contributed by atoms with van der Waals surface area (Å²) in [6, 6.07) is -0.930. The molecule has 1 unspecified atom stereocenters. The first-order valence-electron chi connectivity index (χ1n) is 5.29. The molecule has 18 heavy (non-hydrogen) atoms. The van der Waals surface area contributed by atoms with Gasteiger partial charge in [-0.05, 0) is 6.92 Å². The second-order valence-corrected chi connectivity index (χ2v) is 4.14. The third-order valence-electron chi connectivity index (χ3n) is 2.73. The number of fused-ring (bicyclic) bond motifs is 1. The summed E-state index contributed by atoms with van der Waals surface area (Å²) in [6.07, 6.45) is 1.41. The number of imidazole rings is 1. The van der Waals surface area contributed by atoms with E-state index in [-0.39, 0.29) is 11.2 Å². The summed E-state index contributed by atoms with van der Waals surface area (Å²) in [5.41, 5.74) is 4.42. The van der Waals surface area contributed by atoms with Gasteiger partial charge in [-0.3, -0.25) is 14.2 Å². The number of hydrogen-bond acceptors (Lipinski definition) is 5. The fourth-order valence-corrected chi connectivity index (χ4v) is 1.74. The first-order chi connectivity index (χ1) is 8.36. The van der Waals surface area contributed by atoms with Crippen molar-refractivity contribution in [3.8, 4) is 0 Å². The molecule has 96 valence electrons. The smallest absolute Gasteiger partial charge is 0.328 e. The number of carbonyl (C=O) groups excluding carboxylic acids is 1. The van der Waals surface area contributed by atoms with Gasteiger partial charge in [0, 0.05) is 14.1 Å². The summed E-state index contributed by atoms with van der Waals surface area (Å²) in [5.74, 6) is -0.733. The van der Waals surface area contributed by atoms with Crippen LogP contribution in [0.3, 0.4) is 0 Å². The average Bonchev–Trinajstić information content (AvgIpc) is 2.68. The Kier molecular flexibility index (Phi) is 2.66. The maximum atomic E-state index is 12.1. The molecule has 2 rings (SSSR count). The predicted octanol–water partition coefficient (Wildman–Crippen LogP) is -1.58. The molecule has 0 aliphatic carbocycles. The summed E-state index contributed by atoms with van der Waals surface area (Å²) in [7, 11) is 3.06. The first-order valence-corrected chi connectivity index (χ1v) is 5.29. The first kappa shape index (κ1) is 12.2. The quantitative estimate of drug-likeness (QED) is 0.658. The van der Waals surface area contributed by atoms with Crippen LogP contribution in [-0.2, 0) is 14.1 Å². The van der Waals surface area contributed by atoms with Crippen LogP contribution in [0.5, 0.6) is 0 Å². The standard InChI is InChI=1S/C10H13N5O3/c1-5(11)8(16)15-9(17)6-7(12-4-13(6)2)14(3)10(15)18/h4-5H,11H2,1-3H3. The second kappa shape index (κ2) is 3.91. The zero-order valence-electron chi connectivity index (χ0n) is 10.2. The average molecular weight is 251 g/mol. The van der Waals surface area contributed by atoms with E-state index in [1.165, 1.54) is 24.9 Å². The van der Waals surface area contributed by atoms with Crippen molar-refractivity contribution < 1.29 is 4.79 Å². The van der Waals surface area contributed by atoms with E-state index in [0.717, 1.165) is 4.57 Å². The third kappa shape index (κ3) is 1.50. The molecular weight excluding hydrogens is 238 g/mol. The Hall–Kier alpha value is -2.22. The number of rotatable bonds is 1. The minimum Gasteiger partial charge on any atom is -0.328 e. The highest BCUT2D eigenvalue weighted by molar-refractivity contribution is 5.85. The van der Waals surface area contributed by atoms with Gasteiger partial charge in [-0.1, -0.05) is 0 Å². The van der Waals surface area contributed by atoms with Crippen molar-refractivity contribution in [1.82, 2.24) is 18.7 Å². The van der Waals surface area contributed by atoms with Crippen molar-refractivity contribution in [2.24, 2.45) is 19.8 Å². The fraction of sp³-hybridized carbons (Fsp3) is 0.400. The lowest BCUT2D eigenvalue weighted by Crippen LogP contribution is -2.48. The SMILES string of the molecule is CC(N)C(=O)n1c(=O)c2c(ncn2C)n(C)c1=O. The minimum absolute atomic E-state index is 0.186. The summed E-state index contributed by atoms with van der Waals surface area (Å²) in [5, 5.41) is 0. The summed E-state index contributed by atoms with van der Waals surface area (Å²) in [4.78, 5) is 39.9. The molecule has 8 nitrogen and oxygen atoms in total. The largest absolute Gasteiger partial charge is 0.339 e. The van der Waals surface area contributed by atoms with Crippen LogP contribution in [0, 0.1) is 0 Å². The molecule has 0 aliphatic rings. The van der Waals surface area contributed by atoms with E-state index in [2.05, 4.69) is 4.98 Å². The molecule has 2 heterocycles. The molecule has 0 amide bonds. The van der Waals surface area contributed by atoms with Gasteiger partial charge in [0.05, 0.1) is 12.4 Å². The van der Waals surface area contributed by atoms with E-state index in [0.29, 0.717) is 4.57 Å². The lowest BCUT2D eigenvalue weighted by Gasteiger charge is -2.09. The van der Waals surface area contributed by atoms with Gasteiger partial charge in [-0.2, -0.15) is 4.57 Å². The molecule has 8 heteroatoms. The molecule has 0 aliphatic heterocycles. The van der Waals surface area contributed by atoms with Crippen molar-refractivity contribution in [1.29, 1.82) is 0 Å². The van der Waals surface area contributed by atoms with Gasteiger partial charge < -0.3 is 10.3 Å². The highest BCUT2D eigenvalue weighted by Gasteiger charge is 2.21. The molecule has 2 aromatic rings. The maximum absolute atomic E-state index is 12.1. The number of nitrogens with zero attached hydrogens (tertiary/aromatic N) is 4. The normalized spacial score (nSPS) is 12.9. The number of nitrogens with two attached hydrogens (primary N) is 1. The van der Waals surface area contributed by atoms with Gasteiger partial charge in [0.15, 0.2) is 11.2 Å². The molecule has 0 radical (unpaired) electrons. The Bertz CT molecular complexity index is 749. The minimum atomic E-state index is -0.930. The van der Waals surface area contributed by atoms with Gasteiger partial charge in [-0.25, -0.2) is 9.78 Å². The third-order valence-corrected chi connectivity index (χ3v) is 2.73. The Morgan fingerprint density at radius 3 is 2.56 bits per heavy atom. The molecule has 2 aromatic heterocycles. The van der Waals surface area contributed by atoms with Crippen molar-refractivity contribution in [3.05, 3.63) is 27.2 Å². The van der Waals surface area contributed by atoms with E-state index in [4.69, 9.17) is 5.73 Å². The van der Waals surface area contributed by atoms with Crippen LogP contribution in [0.4, 0.5) is 0 Å². The van der Waals surface area contributed by atoms with Gasteiger partial charge in [0.2, 0.25) is 0 Å². The van der Waals surface area contributed by atoms with Crippen LogP contribution in [0.25, 0.3) is 11.2 Å². The van der Waals surface area contributed by atoms with E-state index >= 15 is 0 Å². The van der Waals surface area contributed by atoms with Crippen LogP contribution in [0.2, 0.25) is 0 Å². The van der Waals surface area contributed by atoms with E-state index in [1.807, 2.05) is 0 Å². The molecule has 0 saturated heterocycles. The van der Waals surface area contributed by atoms with Gasteiger partial charge in [0.25, 0.3) is 11.5 Å². The molecule has 1 atom stereocenters. The Balaban J connectivity index is 3.00. The van der Waals surface area contributed by atoms with Crippen molar-refractivity contribution in [2.75, 3.05) is 0 Å². The van der Waals surface area contributed by atoms with Gasteiger partial charge in [0.1, 0.15) is 0 Å². The highest BCUT2D eigenvalue weighted by Crippen LogP contribution is 2.02. The van der Waals surface area contributed by atoms with Crippen molar-refractivity contribution in [2.45, 2.75) is 13.0 Å². The van der Waals surface area contributed by atoms with Gasteiger partial charge in [-0.15, -0.1) is 0 Å². The molecule has 2 N–H and O–H groups in total. The van der Waals surface area contributed by atoms with Crippen LogP contribution in [-0.4, -0.2) is 30.6 Å². The molecule has 0 aromatic carbocycles. The summed E-state index contributed by atoms with van der Waals surface area (Å²) >= 11 is 0. The topological polar surface area (TPSA) is 105 Å². The molecule has 0 fully saturated rings. The summed E-state index contributed by atoms with van der Waals surface area (Å²) in [6.45, 7) is 1.42. The van der Waals surface area contributed by atoms with E-state index in [9.17, 15) is 14.4 Å². The Morgan fingerprint density at radius 1 is 1.39 bits per heavy atom. The Morgan fingerprint density at radius 2 is 2.00 bits per heavy atom. The monoisotopic (exact) mass is 251 g/mol. The number of carbonyl (C=O) groups is 1. The van der Waals surface area contributed by atoms with Crippen LogP contribution in [0.1, 0.15) is 11.7 Å². The number of aromatic nitrogens is 4. The van der Waals surface area contributed by atoms with Gasteiger partial charge >= 0.3 is 5.69 Å². The zero-order chi connectivity index (χ0) is 13.6. The van der Waals surface area contributed by atoms with Crippen molar-refractivity contribution >= 4 is 17.1 Å². The highest BCUT2D eigenvalue weighted by atomic mass is 16.2. The fourth-order valence-electron chi connectivity index (χ4n) is 1.74. The van der Waals surface area contributed by atoms with Crippen molar-refractivity contribution in [3.63, 3.8) is 0 Å².